The maximum absolute atomic E-state index is 12.9. The van der Waals surface area contributed by atoms with E-state index in [0.717, 1.165) is 11.1 Å². The molecule has 0 aliphatic carbocycles. The van der Waals surface area contributed by atoms with Crippen molar-refractivity contribution in [2.24, 2.45) is 15.6 Å². The average molecular weight is 462 g/mol. The second kappa shape index (κ2) is 9.50. The number of aromatic nitrogens is 3. The normalized spacial score (nSPS) is 16.8. The molecule has 2 aliphatic heterocycles. The summed E-state index contributed by atoms with van der Waals surface area (Å²) in [5.74, 6) is 0.225. The van der Waals surface area contributed by atoms with Crippen LogP contribution in [0.1, 0.15) is 33.6 Å². The number of ether oxygens (including phenoxy) is 1. The number of nitrogens with one attached hydrogen (secondary N) is 1. The highest BCUT2D eigenvalue weighted by molar-refractivity contribution is 6.03. The van der Waals surface area contributed by atoms with Gasteiger partial charge in [0.1, 0.15) is 11.4 Å². The maximum atomic E-state index is 12.9. The molecule has 176 valence electrons. The summed E-state index contributed by atoms with van der Waals surface area (Å²) in [6.45, 7) is 6.42. The number of carbonyl (C=O) groups excluding carboxylic acids is 2. The summed E-state index contributed by atoms with van der Waals surface area (Å²) in [4.78, 5) is 39.5. The molecule has 2 amide bonds. The Morgan fingerprint density at radius 1 is 1.12 bits per heavy atom. The smallest absolute Gasteiger partial charge is 0.410 e. The minimum absolute atomic E-state index is 0.131. The van der Waals surface area contributed by atoms with Crippen LogP contribution in [0.3, 0.4) is 0 Å². The van der Waals surface area contributed by atoms with Crippen molar-refractivity contribution in [3.05, 3.63) is 48.6 Å². The molecule has 1 N–H and O–H groups in total. The van der Waals surface area contributed by atoms with E-state index >= 15 is 0 Å². The molecular formula is C24H27N7O3. The molecule has 2 aromatic rings. The predicted molar refractivity (Wildman–Crippen MR) is 128 cm³/mol. The number of hydrogen-bond acceptors (Lipinski definition) is 8. The fourth-order valence-corrected chi connectivity index (χ4v) is 3.78. The highest BCUT2D eigenvalue weighted by atomic mass is 16.6. The third kappa shape index (κ3) is 5.51. The van der Waals surface area contributed by atoms with Crippen LogP contribution in [0.4, 0.5) is 10.6 Å². The molecule has 2 aromatic heterocycles. The fourth-order valence-electron chi connectivity index (χ4n) is 3.78. The molecule has 0 saturated carbocycles. The third-order valence-corrected chi connectivity index (χ3v) is 5.44. The van der Waals surface area contributed by atoms with Gasteiger partial charge in [-0.2, -0.15) is 10.2 Å². The molecule has 4 heterocycles. The molecule has 10 nitrogen and oxygen atoms in total. The summed E-state index contributed by atoms with van der Waals surface area (Å²) in [6, 6.07) is 3.56. The zero-order chi connectivity index (χ0) is 24.2. The van der Waals surface area contributed by atoms with Gasteiger partial charge in [-0.25, -0.2) is 9.78 Å². The Bertz CT molecular complexity index is 1120. The SMILES string of the molecule is CC(C)(C)OC(=O)N1CC=C(C2(CC(=O)Nc3ccc(-c4cnccn4)cn3)C=NN=C2)CC1. The van der Waals surface area contributed by atoms with Gasteiger partial charge in [0.25, 0.3) is 0 Å². The lowest BCUT2D eigenvalue weighted by molar-refractivity contribution is -0.116. The van der Waals surface area contributed by atoms with Gasteiger partial charge in [0.2, 0.25) is 5.91 Å². The molecule has 0 aromatic carbocycles. The Labute approximate surface area is 197 Å². The zero-order valence-electron chi connectivity index (χ0n) is 19.4. The Balaban J connectivity index is 1.40. The molecule has 0 fully saturated rings. The van der Waals surface area contributed by atoms with E-state index in [4.69, 9.17) is 4.74 Å². The molecule has 0 saturated heterocycles. The molecule has 0 radical (unpaired) electrons. The predicted octanol–water partition coefficient (Wildman–Crippen LogP) is 3.49. The summed E-state index contributed by atoms with van der Waals surface area (Å²) < 4.78 is 5.46. The first-order valence-corrected chi connectivity index (χ1v) is 11.0. The lowest BCUT2D eigenvalue weighted by Crippen LogP contribution is -2.42. The highest BCUT2D eigenvalue weighted by Crippen LogP contribution is 2.35. The first-order chi connectivity index (χ1) is 16.2. The fraction of sp³-hybridized carbons (Fsp3) is 0.375. The van der Waals surface area contributed by atoms with Crippen molar-refractivity contribution in [3.8, 4) is 11.3 Å². The lowest BCUT2D eigenvalue weighted by atomic mass is 9.76. The van der Waals surface area contributed by atoms with E-state index in [0.29, 0.717) is 31.0 Å². The van der Waals surface area contributed by atoms with Gasteiger partial charge < -0.3 is 15.0 Å². The Morgan fingerprint density at radius 2 is 1.91 bits per heavy atom. The van der Waals surface area contributed by atoms with Crippen molar-refractivity contribution in [1.82, 2.24) is 19.9 Å². The highest BCUT2D eigenvalue weighted by Gasteiger charge is 2.38. The van der Waals surface area contributed by atoms with Crippen molar-refractivity contribution in [3.63, 3.8) is 0 Å². The van der Waals surface area contributed by atoms with Crippen LogP contribution in [-0.2, 0) is 9.53 Å². The zero-order valence-corrected chi connectivity index (χ0v) is 19.4. The molecule has 4 rings (SSSR count). The van der Waals surface area contributed by atoms with Gasteiger partial charge in [-0.3, -0.25) is 14.8 Å². The van der Waals surface area contributed by atoms with E-state index in [9.17, 15) is 9.59 Å². The van der Waals surface area contributed by atoms with Gasteiger partial charge in [0.15, 0.2) is 0 Å². The quantitative estimate of drug-likeness (QED) is 0.680. The van der Waals surface area contributed by atoms with E-state index in [2.05, 4.69) is 30.5 Å². The Morgan fingerprint density at radius 3 is 2.50 bits per heavy atom. The summed E-state index contributed by atoms with van der Waals surface area (Å²) >= 11 is 0. The van der Waals surface area contributed by atoms with E-state index in [-0.39, 0.29) is 18.4 Å². The summed E-state index contributed by atoms with van der Waals surface area (Å²) in [6.07, 6.45) is 12.2. The van der Waals surface area contributed by atoms with E-state index in [1.54, 1.807) is 48.2 Å². The van der Waals surface area contributed by atoms with Crippen molar-refractivity contribution >= 4 is 30.2 Å². The summed E-state index contributed by atoms with van der Waals surface area (Å²) in [7, 11) is 0. The van der Waals surface area contributed by atoms with E-state index in [1.807, 2.05) is 32.9 Å². The van der Waals surface area contributed by atoms with Crippen molar-refractivity contribution in [2.75, 3.05) is 18.4 Å². The van der Waals surface area contributed by atoms with Gasteiger partial charge in [0, 0.05) is 56.1 Å². The van der Waals surface area contributed by atoms with Crippen LogP contribution in [0.15, 0.2) is 58.8 Å². The Hall–Kier alpha value is -3.95. The number of hydrogen-bond donors (Lipinski definition) is 1. The number of rotatable bonds is 5. The van der Waals surface area contributed by atoms with Crippen LogP contribution in [0.25, 0.3) is 11.3 Å². The average Bonchev–Trinajstić information content (AvgIpc) is 3.28. The lowest BCUT2D eigenvalue weighted by Gasteiger charge is -2.33. The van der Waals surface area contributed by atoms with Crippen LogP contribution in [0.2, 0.25) is 0 Å². The van der Waals surface area contributed by atoms with Crippen LogP contribution in [-0.4, -0.2) is 63.0 Å². The molecule has 0 atom stereocenters. The maximum Gasteiger partial charge on any atom is 0.410 e. The first-order valence-electron chi connectivity index (χ1n) is 11.0. The molecule has 34 heavy (non-hydrogen) atoms. The molecule has 0 unspecified atom stereocenters. The number of amides is 2. The summed E-state index contributed by atoms with van der Waals surface area (Å²) in [5.41, 5.74) is 1.24. The van der Waals surface area contributed by atoms with Gasteiger partial charge in [-0.05, 0) is 39.3 Å². The monoisotopic (exact) mass is 461 g/mol. The first kappa shape index (κ1) is 23.2. The topological polar surface area (TPSA) is 122 Å². The number of nitrogens with zero attached hydrogens (tertiary/aromatic N) is 6. The molecule has 2 aliphatic rings. The van der Waals surface area contributed by atoms with Gasteiger partial charge >= 0.3 is 6.09 Å². The van der Waals surface area contributed by atoms with Crippen LogP contribution in [0, 0.1) is 5.41 Å². The minimum atomic E-state index is -0.719. The van der Waals surface area contributed by atoms with Gasteiger partial charge in [-0.15, -0.1) is 0 Å². The second-order valence-corrected chi connectivity index (χ2v) is 9.18. The Kier molecular flexibility index (Phi) is 6.49. The molecule has 10 heteroatoms. The third-order valence-electron chi connectivity index (χ3n) is 5.44. The largest absolute Gasteiger partial charge is 0.444 e. The summed E-state index contributed by atoms with van der Waals surface area (Å²) in [5, 5.41) is 10.9. The standard InChI is InChI=1S/C24H27N7O3/c1-23(2,3)34-22(33)31-10-6-18(7-11-31)24(15-28-29-16-24)12-21(32)30-20-5-4-17(13-27-20)19-14-25-8-9-26-19/h4-6,8-9,13-16H,7,10-12H2,1-3H3,(H,27,30,32). The van der Waals surface area contributed by atoms with Gasteiger partial charge in [-0.1, -0.05) is 11.6 Å². The number of anilines is 1. The van der Waals surface area contributed by atoms with Gasteiger partial charge in [0.05, 0.1) is 17.3 Å². The van der Waals surface area contributed by atoms with Crippen LogP contribution in [0.5, 0.6) is 0 Å². The van der Waals surface area contributed by atoms with E-state index < -0.39 is 11.0 Å². The molecule has 0 bridgehead atoms. The minimum Gasteiger partial charge on any atom is -0.444 e. The van der Waals surface area contributed by atoms with Crippen molar-refractivity contribution < 1.29 is 14.3 Å². The van der Waals surface area contributed by atoms with Crippen molar-refractivity contribution in [2.45, 2.75) is 39.2 Å². The number of pyridine rings is 1. The van der Waals surface area contributed by atoms with Crippen LogP contribution >= 0.6 is 0 Å². The van der Waals surface area contributed by atoms with E-state index in [1.165, 1.54) is 0 Å². The molecule has 0 spiro atoms. The second-order valence-electron chi connectivity index (χ2n) is 9.18. The van der Waals surface area contributed by atoms with Crippen molar-refractivity contribution in [1.29, 1.82) is 0 Å². The van der Waals surface area contributed by atoms with Crippen LogP contribution < -0.4 is 5.32 Å². The molecular weight excluding hydrogens is 434 g/mol. The number of carbonyl (C=O) groups is 2.